The standard InChI is InChI=1S/C13H24N4O2S2/c1-11(2)6-7-15-13(14)16-8-9-17(3)21(18,19)12-5-4-10-20-12/h4-5,10-11H,6-9H2,1-3H3,(H3,14,15,16). The fourth-order valence-corrected chi connectivity index (χ4v) is 3.90. The van der Waals surface area contributed by atoms with E-state index in [4.69, 9.17) is 5.73 Å². The summed E-state index contributed by atoms with van der Waals surface area (Å²) in [5, 5.41) is 4.68. The first-order valence-corrected chi connectivity index (χ1v) is 9.19. The van der Waals surface area contributed by atoms with E-state index in [9.17, 15) is 8.42 Å². The molecule has 0 saturated heterocycles. The molecule has 0 amide bonds. The molecule has 120 valence electrons. The van der Waals surface area contributed by atoms with Gasteiger partial charge in [-0.15, -0.1) is 11.3 Å². The van der Waals surface area contributed by atoms with Crippen molar-refractivity contribution in [3.05, 3.63) is 17.5 Å². The van der Waals surface area contributed by atoms with E-state index in [1.807, 2.05) is 0 Å². The van der Waals surface area contributed by atoms with Gasteiger partial charge in [0.2, 0.25) is 0 Å². The maximum Gasteiger partial charge on any atom is 0.252 e. The summed E-state index contributed by atoms with van der Waals surface area (Å²) in [6.07, 6.45) is 0.981. The molecule has 0 atom stereocenters. The summed E-state index contributed by atoms with van der Waals surface area (Å²) in [5.41, 5.74) is 5.72. The van der Waals surface area contributed by atoms with Crippen molar-refractivity contribution < 1.29 is 8.42 Å². The van der Waals surface area contributed by atoms with Crippen LogP contribution in [0.5, 0.6) is 0 Å². The molecular formula is C13H24N4O2S2. The summed E-state index contributed by atoms with van der Waals surface area (Å²) in [5.74, 6) is 0.946. The summed E-state index contributed by atoms with van der Waals surface area (Å²) in [7, 11) is -1.83. The van der Waals surface area contributed by atoms with E-state index in [2.05, 4.69) is 24.2 Å². The summed E-state index contributed by atoms with van der Waals surface area (Å²) in [6.45, 7) is 5.70. The smallest absolute Gasteiger partial charge is 0.252 e. The Labute approximate surface area is 131 Å². The van der Waals surface area contributed by atoms with Crippen molar-refractivity contribution in [2.75, 3.05) is 26.7 Å². The number of likely N-dealkylation sites (N-methyl/N-ethyl adjacent to an activating group) is 1. The molecule has 6 nitrogen and oxygen atoms in total. The molecule has 1 rings (SSSR count). The third kappa shape index (κ3) is 6.03. The number of guanidine groups is 1. The van der Waals surface area contributed by atoms with Gasteiger partial charge in [0, 0.05) is 26.7 Å². The maximum absolute atomic E-state index is 12.2. The van der Waals surface area contributed by atoms with Crippen molar-refractivity contribution in [3.8, 4) is 0 Å². The topological polar surface area (TPSA) is 87.8 Å². The first-order valence-electron chi connectivity index (χ1n) is 6.87. The minimum Gasteiger partial charge on any atom is -0.370 e. The first kappa shape index (κ1) is 17.9. The Hall–Kier alpha value is -1.12. The molecular weight excluding hydrogens is 308 g/mol. The molecule has 1 heterocycles. The van der Waals surface area contributed by atoms with Crippen molar-refractivity contribution in [2.45, 2.75) is 24.5 Å². The number of sulfonamides is 1. The van der Waals surface area contributed by atoms with Gasteiger partial charge >= 0.3 is 0 Å². The van der Waals surface area contributed by atoms with Crippen LogP contribution < -0.4 is 11.1 Å². The van der Waals surface area contributed by atoms with Crippen molar-refractivity contribution in [2.24, 2.45) is 16.6 Å². The van der Waals surface area contributed by atoms with E-state index in [0.717, 1.165) is 6.42 Å². The van der Waals surface area contributed by atoms with Crippen LogP contribution >= 0.6 is 11.3 Å². The van der Waals surface area contributed by atoms with E-state index >= 15 is 0 Å². The van der Waals surface area contributed by atoms with Gasteiger partial charge < -0.3 is 11.1 Å². The highest BCUT2D eigenvalue weighted by Gasteiger charge is 2.20. The summed E-state index contributed by atoms with van der Waals surface area (Å²) in [4.78, 5) is 4.19. The fraction of sp³-hybridized carbons (Fsp3) is 0.615. The Bertz CT molecular complexity index is 539. The number of rotatable bonds is 8. The number of nitrogens with zero attached hydrogens (tertiary/aromatic N) is 2. The van der Waals surface area contributed by atoms with Gasteiger partial charge in [-0.1, -0.05) is 19.9 Å². The highest BCUT2D eigenvalue weighted by Crippen LogP contribution is 2.19. The molecule has 8 heteroatoms. The Kier molecular flexibility index (Phi) is 7.13. The lowest BCUT2D eigenvalue weighted by molar-refractivity contribution is 0.472. The third-order valence-electron chi connectivity index (χ3n) is 2.88. The maximum atomic E-state index is 12.2. The van der Waals surface area contributed by atoms with Gasteiger partial charge in [0.15, 0.2) is 5.96 Å². The molecule has 0 bridgehead atoms. The number of nitrogens with two attached hydrogens (primary N) is 1. The number of hydrogen-bond donors (Lipinski definition) is 2. The average molecular weight is 332 g/mol. The van der Waals surface area contributed by atoms with Crippen LogP contribution in [-0.2, 0) is 10.0 Å². The number of thiophene rings is 1. The van der Waals surface area contributed by atoms with Crippen LogP contribution in [0.2, 0.25) is 0 Å². The normalized spacial score (nSPS) is 13.1. The minimum atomic E-state index is -3.39. The lowest BCUT2D eigenvalue weighted by atomic mass is 10.1. The highest BCUT2D eigenvalue weighted by molar-refractivity contribution is 7.91. The predicted molar refractivity (Wildman–Crippen MR) is 88.1 cm³/mol. The first-order chi connectivity index (χ1) is 9.84. The van der Waals surface area contributed by atoms with Crippen molar-refractivity contribution in [3.63, 3.8) is 0 Å². The van der Waals surface area contributed by atoms with E-state index in [1.165, 1.54) is 15.6 Å². The molecule has 1 aromatic rings. The number of nitrogens with one attached hydrogen (secondary N) is 1. The lowest BCUT2D eigenvalue weighted by Crippen LogP contribution is -2.39. The monoisotopic (exact) mass is 332 g/mol. The molecule has 0 fully saturated rings. The van der Waals surface area contributed by atoms with Gasteiger partial charge in [-0.3, -0.25) is 4.99 Å². The molecule has 0 aliphatic heterocycles. The zero-order valence-electron chi connectivity index (χ0n) is 12.7. The van der Waals surface area contributed by atoms with Crippen LogP contribution in [0.15, 0.2) is 26.7 Å². The molecule has 21 heavy (non-hydrogen) atoms. The Balaban J connectivity index is 2.38. The molecule has 0 aliphatic carbocycles. The van der Waals surface area contributed by atoms with Crippen LogP contribution in [0.3, 0.4) is 0 Å². The molecule has 3 N–H and O–H groups in total. The fourth-order valence-electron chi connectivity index (χ4n) is 1.52. The molecule has 0 radical (unpaired) electrons. The van der Waals surface area contributed by atoms with Crippen molar-refractivity contribution >= 4 is 27.3 Å². The van der Waals surface area contributed by atoms with Crippen molar-refractivity contribution in [1.29, 1.82) is 0 Å². The highest BCUT2D eigenvalue weighted by atomic mass is 32.2. The Morgan fingerprint density at radius 1 is 1.52 bits per heavy atom. The van der Waals surface area contributed by atoms with Gasteiger partial charge in [0.1, 0.15) is 4.21 Å². The van der Waals surface area contributed by atoms with Gasteiger partial charge in [-0.2, -0.15) is 4.31 Å². The molecule has 1 aromatic heterocycles. The second kappa shape index (κ2) is 8.35. The second-order valence-corrected chi connectivity index (χ2v) is 8.35. The van der Waals surface area contributed by atoms with E-state index in [1.54, 1.807) is 24.6 Å². The Morgan fingerprint density at radius 3 is 2.81 bits per heavy atom. The van der Waals surface area contributed by atoms with Crippen LogP contribution in [0.25, 0.3) is 0 Å². The number of hydrogen-bond acceptors (Lipinski definition) is 4. The lowest BCUT2D eigenvalue weighted by Gasteiger charge is -2.16. The Morgan fingerprint density at radius 2 is 2.24 bits per heavy atom. The molecule has 0 saturated carbocycles. The summed E-state index contributed by atoms with van der Waals surface area (Å²) in [6, 6.07) is 3.33. The predicted octanol–water partition coefficient (Wildman–Crippen LogP) is 1.32. The molecule has 0 aliphatic rings. The summed E-state index contributed by atoms with van der Waals surface area (Å²) >= 11 is 1.21. The SMILES string of the molecule is CC(C)CCN=C(N)NCCN(C)S(=O)(=O)c1cccs1. The zero-order valence-corrected chi connectivity index (χ0v) is 14.4. The largest absolute Gasteiger partial charge is 0.370 e. The second-order valence-electron chi connectivity index (χ2n) is 5.13. The van der Waals surface area contributed by atoms with E-state index < -0.39 is 10.0 Å². The molecule has 0 unspecified atom stereocenters. The number of aliphatic imine (C=N–C) groups is 1. The van der Waals surface area contributed by atoms with Crippen LogP contribution in [0, 0.1) is 5.92 Å². The van der Waals surface area contributed by atoms with Crippen LogP contribution in [-0.4, -0.2) is 45.4 Å². The quantitative estimate of drug-likeness (QED) is 0.555. The van der Waals surface area contributed by atoms with Gasteiger partial charge in [0.25, 0.3) is 10.0 Å². The van der Waals surface area contributed by atoms with E-state index in [0.29, 0.717) is 35.7 Å². The third-order valence-corrected chi connectivity index (χ3v) is 6.11. The van der Waals surface area contributed by atoms with Crippen LogP contribution in [0.4, 0.5) is 0 Å². The summed E-state index contributed by atoms with van der Waals surface area (Å²) < 4.78 is 26.0. The van der Waals surface area contributed by atoms with Gasteiger partial charge in [-0.25, -0.2) is 8.42 Å². The average Bonchev–Trinajstić information content (AvgIpc) is 2.92. The van der Waals surface area contributed by atoms with Gasteiger partial charge in [-0.05, 0) is 23.8 Å². The van der Waals surface area contributed by atoms with Crippen LogP contribution in [0.1, 0.15) is 20.3 Å². The van der Waals surface area contributed by atoms with Crippen molar-refractivity contribution in [1.82, 2.24) is 9.62 Å². The minimum absolute atomic E-state index is 0.334. The molecule has 0 aromatic carbocycles. The molecule has 0 spiro atoms. The van der Waals surface area contributed by atoms with E-state index in [-0.39, 0.29) is 0 Å². The van der Waals surface area contributed by atoms with Gasteiger partial charge in [0.05, 0.1) is 0 Å². The zero-order chi connectivity index (χ0) is 15.9.